The van der Waals surface area contributed by atoms with Gasteiger partial charge in [-0.15, -0.1) is 0 Å². The van der Waals surface area contributed by atoms with Crippen LogP contribution in [0.3, 0.4) is 0 Å². The molecule has 1 saturated heterocycles. The Morgan fingerprint density at radius 1 is 1.38 bits per heavy atom. The number of nitrogens with zero attached hydrogens (tertiary/aromatic N) is 1. The van der Waals surface area contributed by atoms with Crippen molar-refractivity contribution in [2.75, 3.05) is 13.1 Å². The van der Waals surface area contributed by atoms with Crippen molar-refractivity contribution in [2.24, 2.45) is 5.92 Å². The van der Waals surface area contributed by atoms with E-state index in [1.165, 1.54) is 30.6 Å². The van der Waals surface area contributed by atoms with Crippen LogP contribution in [0.25, 0.3) is 0 Å². The minimum absolute atomic E-state index is 0.748. The molecule has 2 heterocycles. The molecule has 2 atom stereocenters. The van der Waals surface area contributed by atoms with Crippen molar-refractivity contribution in [2.45, 2.75) is 18.8 Å². The van der Waals surface area contributed by atoms with Crippen LogP contribution in [0.5, 0.6) is 0 Å². The topological polar surface area (TPSA) is 24.9 Å². The Morgan fingerprint density at radius 2 is 2.38 bits per heavy atom. The smallest absolute Gasteiger partial charge is 0.0439 e. The van der Waals surface area contributed by atoms with Gasteiger partial charge in [0.2, 0.25) is 0 Å². The van der Waals surface area contributed by atoms with Crippen LogP contribution in [0.1, 0.15) is 23.6 Å². The van der Waals surface area contributed by atoms with Gasteiger partial charge in [0.05, 0.1) is 0 Å². The molecule has 3 rings (SSSR count). The standard InChI is InChI=1S/C11H14N2/c1-2-9-10-7-12-6-8(10)3-4-11(9)13-5-1/h1-2,5,8,10,12H,3-4,6-7H2. The zero-order valence-electron chi connectivity index (χ0n) is 7.66. The van der Waals surface area contributed by atoms with E-state index in [-0.39, 0.29) is 0 Å². The monoisotopic (exact) mass is 174 g/mol. The van der Waals surface area contributed by atoms with Crippen LogP contribution in [0.4, 0.5) is 0 Å². The molecule has 1 aliphatic heterocycles. The summed E-state index contributed by atoms with van der Waals surface area (Å²) in [5.74, 6) is 1.62. The van der Waals surface area contributed by atoms with E-state index < -0.39 is 0 Å². The quantitative estimate of drug-likeness (QED) is 0.642. The first-order valence-electron chi connectivity index (χ1n) is 5.09. The fourth-order valence-electron chi connectivity index (χ4n) is 2.72. The second-order valence-corrected chi connectivity index (χ2v) is 4.10. The van der Waals surface area contributed by atoms with Crippen LogP contribution in [0, 0.1) is 5.92 Å². The Morgan fingerprint density at radius 3 is 3.38 bits per heavy atom. The van der Waals surface area contributed by atoms with E-state index in [4.69, 9.17) is 0 Å². The van der Waals surface area contributed by atoms with Crippen LogP contribution >= 0.6 is 0 Å². The number of fused-ring (bicyclic) bond motifs is 3. The summed E-state index contributed by atoms with van der Waals surface area (Å²) in [6, 6.07) is 4.33. The Hall–Kier alpha value is -0.890. The molecular weight excluding hydrogens is 160 g/mol. The minimum atomic E-state index is 0.748. The molecule has 0 aromatic carbocycles. The van der Waals surface area contributed by atoms with Gasteiger partial charge in [0, 0.05) is 24.4 Å². The molecule has 0 bridgehead atoms. The minimum Gasteiger partial charge on any atom is -0.316 e. The molecule has 0 amide bonds. The largest absolute Gasteiger partial charge is 0.316 e. The molecule has 2 heteroatoms. The molecule has 13 heavy (non-hydrogen) atoms. The van der Waals surface area contributed by atoms with E-state index >= 15 is 0 Å². The molecule has 1 fully saturated rings. The highest BCUT2D eigenvalue weighted by atomic mass is 14.9. The highest BCUT2D eigenvalue weighted by molar-refractivity contribution is 5.29. The third kappa shape index (κ3) is 1.09. The summed E-state index contributed by atoms with van der Waals surface area (Å²) in [7, 11) is 0. The average molecular weight is 174 g/mol. The first kappa shape index (κ1) is 7.51. The van der Waals surface area contributed by atoms with Crippen LogP contribution in [0.2, 0.25) is 0 Å². The van der Waals surface area contributed by atoms with Gasteiger partial charge in [-0.1, -0.05) is 6.07 Å². The first-order valence-corrected chi connectivity index (χ1v) is 5.09. The van der Waals surface area contributed by atoms with Gasteiger partial charge in [-0.05, 0) is 36.9 Å². The summed E-state index contributed by atoms with van der Waals surface area (Å²) in [5.41, 5.74) is 2.84. The van der Waals surface area contributed by atoms with Crippen molar-refractivity contribution >= 4 is 0 Å². The van der Waals surface area contributed by atoms with Crippen LogP contribution in [-0.2, 0) is 6.42 Å². The van der Waals surface area contributed by atoms with E-state index in [9.17, 15) is 0 Å². The maximum atomic E-state index is 4.45. The zero-order chi connectivity index (χ0) is 8.67. The Labute approximate surface area is 78.4 Å². The predicted octanol–water partition coefficient (Wildman–Crippen LogP) is 1.33. The van der Waals surface area contributed by atoms with Crippen molar-refractivity contribution in [1.82, 2.24) is 10.3 Å². The second kappa shape index (κ2) is 2.81. The van der Waals surface area contributed by atoms with E-state index in [1.54, 1.807) is 0 Å². The van der Waals surface area contributed by atoms with Crippen molar-refractivity contribution in [1.29, 1.82) is 0 Å². The van der Waals surface area contributed by atoms with Gasteiger partial charge in [0.15, 0.2) is 0 Å². The van der Waals surface area contributed by atoms with Gasteiger partial charge in [-0.3, -0.25) is 4.98 Å². The predicted molar refractivity (Wildman–Crippen MR) is 51.7 cm³/mol. The van der Waals surface area contributed by atoms with Gasteiger partial charge >= 0.3 is 0 Å². The van der Waals surface area contributed by atoms with E-state index in [0.717, 1.165) is 18.4 Å². The summed E-state index contributed by atoms with van der Waals surface area (Å²) in [6.07, 6.45) is 4.42. The zero-order valence-corrected chi connectivity index (χ0v) is 7.66. The van der Waals surface area contributed by atoms with Gasteiger partial charge in [-0.2, -0.15) is 0 Å². The fourth-order valence-corrected chi connectivity index (χ4v) is 2.72. The molecule has 2 aliphatic rings. The molecule has 0 radical (unpaired) electrons. The number of rotatable bonds is 0. The molecular formula is C11H14N2. The molecule has 1 aromatic heterocycles. The van der Waals surface area contributed by atoms with Crippen molar-refractivity contribution in [3.8, 4) is 0 Å². The first-order chi connectivity index (χ1) is 6.45. The summed E-state index contributed by atoms with van der Waals surface area (Å²) >= 11 is 0. The molecule has 1 aliphatic carbocycles. The molecule has 1 aromatic rings. The summed E-state index contributed by atoms with van der Waals surface area (Å²) < 4.78 is 0. The van der Waals surface area contributed by atoms with Crippen molar-refractivity contribution < 1.29 is 0 Å². The lowest BCUT2D eigenvalue weighted by Crippen LogP contribution is -2.19. The third-order valence-corrected chi connectivity index (χ3v) is 3.42. The van der Waals surface area contributed by atoms with Crippen molar-refractivity contribution in [3.05, 3.63) is 29.6 Å². The highest BCUT2D eigenvalue weighted by Crippen LogP contribution is 2.36. The third-order valence-electron chi connectivity index (χ3n) is 3.42. The maximum Gasteiger partial charge on any atom is 0.0439 e. The normalized spacial score (nSPS) is 31.1. The number of aromatic nitrogens is 1. The Bertz CT molecular complexity index is 322. The van der Waals surface area contributed by atoms with Gasteiger partial charge < -0.3 is 5.32 Å². The molecule has 0 saturated carbocycles. The number of hydrogen-bond acceptors (Lipinski definition) is 2. The number of hydrogen-bond donors (Lipinski definition) is 1. The Kier molecular flexibility index (Phi) is 1.62. The lowest BCUT2D eigenvalue weighted by Gasteiger charge is -2.26. The number of pyridine rings is 1. The van der Waals surface area contributed by atoms with Gasteiger partial charge in [0.1, 0.15) is 0 Å². The number of nitrogens with one attached hydrogen (secondary N) is 1. The van der Waals surface area contributed by atoms with Gasteiger partial charge in [0.25, 0.3) is 0 Å². The summed E-state index contributed by atoms with van der Waals surface area (Å²) in [6.45, 7) is 2.36. The lowest BCUT2D eigenvalue weighted by molar-refractivity contribution is 0.445. The molecule has 0 spiro atoms. The number of aryl methyl sites for hydroxylation is 1. The second-order valence-electron chi connectivity index (χ2n) is 4.10. The van der Waals surface area contributed by atoms with Crippen molar-refractivity contribution in [3.63, 3.8) is 0 Å². The van der Waals surface area contributed by atoms with Crippen LogP contribution < -0.4 is 5.32 Å². The molecule has 2 nitrogen and oxygen atoms in total. The van der Waals surface area contributed by atoms with E-state index in [1.807, 2.05) is 6.20 Å². The summed E-state index contributed by atoms with van der Waals surface area (Å²) in [4.78, 5) is 4.45. The lowest BCUT2D eigenvalue weighted by atomic mass is 9.79. The van der Waals surface area contributed by atoms with E-state index in [0.29, 0.717) is 0 Å². The average Bonchev–Trinajstić information content (AvgIpc) is 2.65. The fraction of sp³-hybridized carbons (Fsp3) is 0.545. The van der Waals surface area contributed by atoms with Crippen LogP contribution in [-0.4, -0.2) is 18.1 Å². The van der Waals surface area contributed by atoms with Gasteiger partial charge in [-0.25, -0.2) is 0 Å². The summed E-state index contributed by atoms with van der Waals surface area (Å²) in [5, 5.41) is 3.48. The van der Waals surface area contributed by atoms with Crippen LogP contribution in [0.15, 0.2) is 18.3 Å². The highest BCUT2D eigenvalue weighted by Gasteiger charge is 2.33. The Balaban J connectivity index is 2.06. The van der Waals surface area contributed by atoms with E-state index in [2.05, 4.69) is 22.4 Å². The molecule has 2 unspecified atom stereocenters. The molecule has 1 N–H and O–H groups in total. The maximum absolute atomic E-state index is 4.45. The SMILES string of the molecule is c1cnc2c(c1)C1CNCC1CC2. The molecule has 68 valence electrons.